The summed E-state index contributed by atoms with van der Waals surface area (Å²) in [5.74, 6) is 0. The van der Waals surface area contributed by atoms with Gasteiger partial charge >= 0.3 is 124 Å². The van der Waals surface area contributed by atoms with E-state index in [4.69, 9.17) is 0 Å². The first-order valence-corrected chi connectivity index (χ1v) is 13.2. The molecule has 0 fully saturated rings. The molecule has 2 aromatic rings. The Labute approximate surface area is 123 Å². The standard InChI is InChI=1S/C16H13.2CH3.Zr/c1-12-10-14-8-5-9-15(16(14)11-12)13-6-3-2-4-7-13;;;/h2-11H,1H3;2*1H3;. The molecule has 0 nitrogen and oxygen atoms in total. The summed E-state index contributed by atoms with van der Waals surface area (Å²) in [4.78, 5) is 0. The van der Waals surface area contributed by atoms with E-state index in [-0.39, 0.29) is 0 Å². The molecule has 1 unspecified atom stereocenters. The molecule has 0 heterocycles. The molecule has 0 bridgehead atoms. The minimum atomic E-state index is -1.27. The molecule has 1 aliphatic carbocycles. The zero-order valence-electron chi connectivity index (χ0n) is 11.8. The summed E-state index contributed by atoms with van der Waals surface area (Å²) in [5.41, 5.74) is 7.36. The summed E-state index contributed by atoms with van der Waals surface area (Å²) in [6.45, 7) is 2.31. The molecule has 0 N–H and O–H groups in total. The Hall–Kier alpha value is -0.937. The van der Waals surface area contributed by atoms with E-state index in [9.17, 15) is 0 Å². The van der Waals surface area contributed by atoms with Gasteiger partial charge in [-0.15, -0.1) is 0 Å². The average Bonchev–Trinajstić information content (AvgIpc) is 2.75. The van der Waals surface area contributed by atoms with Gasteiger partial charge in [0.05, 0.1) is 0 Å². The Morgan fingerprint density at radius 1 is 0.895 bits per heavy atom. The van der Waals surface area contributed by atoms with E-state index in [1.54, 1.807) is 11.1 Å². The molecule has 1 aliphatic rings. The third-order valence-electron chi connectivity index (χ3n) is 3.94. The van der Waals surface area contributed by atoms with E-state index in [1.165, 1.54) is 16.7 Å². The molecule has 0 saturated heterocycles. The molecule has 0 radical (unpaired) electrons. The van der Waals surface area contributed by atoms with Crippen LogP contribution in [0.1, 0.15) is 21.7 Å². The number of rotatable bonds is 2. The second-order valence-electron chi connectivity index (χ2n) is 5.57. The van der Waals surface area contributed by atoms with E-state index in [2.05, 4.69) is 70.8 Å². The van der Waals surface area contributed by atoms with Crippen LogP contribution in [0, 0.1) is 0 Å². The van der Waals surface area contributed by atoms with Crippen LogP contribution in [0.5, 0.6) is 0 Å². The van der Waals surface area contributed by atoms with Crippen molar-refractivity contribution >= 4 is 6.08 Å². The SMILES string of the molecule is CC1=Cc2c(-c3ccccc3)cccc2[CH]1[Zr]([CH3])[CH3]. The number of hydrogen-bond donors (Lipinski definition) is 0. The topological polar surface area (TPSA) is 0 Å². The summed E-state index contributed by atoms with van der Waals surface area (Å²) in [7, 11) is 0. The van der Waals surface area contributed by atoms with Crippen molar-refractivity contribution < 1.29 is 21.8 Å². The maximum absolute atomic E-state index is 2.51. The van der Waals surface area contributed by atoms with Gasteiger partial charge in [-0.05, 0) is 0 Å². The van der Waals surface area contributed by atoms with Crippen LogP contribution in [0.25, 0.3) is 17.2 Å². The van der Waals surface area contributed by atoms with Crippen molar-refractivity contribution in [3.05, 3.63) is 65.2 Å². The van der Waals surface area contributed by atoms with Crippen LogP contribution in [0.2, 0.25) is 9.26 Å². The number of benzene rings is 2. The van der Waals surface area contributed by atoms with Crippen LogP contribution in [0.4, 0.5) is 0 Å². The molecular formula is C18H19Zr. The van der Waals surface area contributed by atoms with Crippen LogP contribution >= 0.6 is 0 Å². The molecule has 3 rings (SSSR count). The van der Waals surface area contributed by atoms with Gasteiger partial charge in [-0.3, -0.25) is 0 Å². The van der Waals surface area contributed by atoms with Crippen molar-refractivity contribution in [2.75, 3.05) is 0 Å². The molecule has 0 aliphatic heterocycles. The minimum absolute atomic E-state index is 0.779. The zero-order valence-corrected chi connectivity index (χ0v) is 14.2. The Kier molecular flexibility index (Phi) is 3.58. The summed E-state index contributed by atoms with van der Waals surface area (Å²) in [5, 5.41) is 0. The van der Waals surface area contributed by atoms with Crippen LogP contribution in [-0.4, -0.2) is 0 Å². The quantitative estimate of drug-likeness (QED) is 0.681. The zero-order chi connectivity index (χ0) is 13.4. The molecule has 0 aromatic heterocycles. The van der Waals surface area contributed by atoms with E-state index in [0.717, 1.165) is 3.63 Å². The van der Waals surface area contributed by atoms with E-state index in [0.29, 0.717) is 0 Å². The van der Waals surface area contributed by atoms with Crippen LogP contribution < -0.4 is 0 Å². The fraction of sp³-hybridized carbons (Fsp3) is 0.222. The molecule has 19 heavy (non-hydrogen) atoms. The van der Waals surface area contributed by atoms with Crippen molar-refractivity contribution in [1.29, 1.82) is 0 Å². The van der Waals surface area contributed by atoms with Crippen LogP contribution in [0.3, 0.4) is 0 Å². The molecule has 0 saturated carbocycles. The molecule has 0 spiro atoms. The van der Waals surface area contributed by atoms with Crippen molar-refractivity contribution in [1.82, 2.24) is 0 Å². The summed E-state index contributed by atoms with van der Waals surface area (Å²) < 4.78 is 5.80. The van der Waals surface area contributed by atoms with Crippen LogP contribution in [-0.2, 0) is 21.8 Å². The number of allylic oxidation sites excluding steroid dienone is 1. The van der Waals surface area contributed by atoms with E-state index in [1.807, 2.05) is 0 Å². The first-order chi connectivity index (χ1) is 9.18. The normalized spacial score (nSPS) is 17.0. The second-order valence-corrected chi connectivity index (χ2v) is 12.3. The fourth-order valence-corrected chi connectivity index (χ4v) is 7.78. The van der Waals surface area contributed by atoms with Crippen molar-refractivity contribution in [3.63, 3.8) is 0 Å². The number of hydrogen-bond acceptors (Lipinski definition) is 0. The Balaban J connectivity index is 2.17. The summed E-state index contributed by atoms with van der Waals surface area (Å²) in [6.07, 6.45) is 2.43. The number of fused-ring (bicyclic) bond motifs is 1. The van der Waals surface area contributed by atoms with Crippen molar-refractivity contribution in [3.8, 4) is 11.1 Å². The molecular weight excluding hydrogens is 307 g/mol. The third-order valence-corrected chi connectivity index (χ3v) is 8.66. The van der Waals surface area contributed by atoms with Crippen LogP contribution in [0.15, 0.2) is 54.1 Å². The van der Waals surface area contributed by atoms with E-state index < -0.39 is 21.8 Å². The van der Waals surface area contributed by atoms with Crippen molar-refractivity contribution in [2.24, 2.45) is 0 Å². The fourth-order valence-electron chi connectivity index (χ4n) is 3.19. The van der Waals surface area contributed by atoms with Gasteiger partial charge in [-0.25, -0.2) is 0 Å². The van der Waals surface area contributed by atoms with Gasteiger partial charge in [-0.1, -0.05) is 0 Å². The first kappa shape index (κ1) is 13.1. The Bertz CT molecular complexity index is 623. The van der Waals surface area contributed by atoms with Gasteiger partial charge in [0, 0.05) is 0 Å². The molecule has 1 heteroatoms. The second kappa shape index (κ2) is 5.21. The molecule has 0 amide bonds. The van der Waals surface area contributed by atoms with Gasteiger partial charge in [0.25, 0.3) is 0 Å². The predicted octanol–water partition coefficient (Wildman–Crippen LogP) is 5.53. The monoisotopic (exact) mass is 325 g/mol. The van der Waals surface area contributed by atoms with Gasteiger partial charge in [-0.2, -0.15) is 0 Å². The Morgan fingerprint density at radius 3 is 2.32 bits per heavy atom. The van der Waals surface area contributed by atoms with Gasteiger partial charge in [0.15, 0.2) is 0 Å². The van der Waals surface area contributed by atoms with Gasteiger partial charge < -0.3 is 0 Å². The average molecular weight is 327 g/mol. The van der Waals surface area contributed by atoms with Gasteiger partial charge in [0.2, 0.25) is 0 Å². The third kappa shape index (κ3) is 2.30. The van der Waals surface area contributed by atoms with Crippen molar-refractivity contribution in [2.45, 2.75) is 19.8 Å². The Morgan fingerprint density at radius 2 is 1.63 bits per heavy atom. The van der Waals surface area contributed by atoms with Gasteiger partial charge in [0.1, 0.15) is 0 Å². The maximum atomic E-state index is 2.51. The predicted molar refractivity (Wildman–Crippen MR) is 80.0 cm³/mol. The molecule has 95 valence electrons. The molecule has 2 aromatic carbocycles. The molecule has 1 atom stereocenters. The summed E-state index contributed by atoms with van der Waals surface area (Å²) >= 11 is -1.27. The first-order valence-electron chi connectivity index (χ1n) is 6.85. The van der Waals surface area contributed by atoms with E-state index >= 15 is 0 Å². The summed E-state index contributed by atoms with van der Waals surface area (Å²) in [6, 6.07) is 17.6.